The second-order valence-electron chi connectivity index (χ2n) is 5.19. The molecule has 122 valence electrons. The second kappa shape index (κ2) is 6.71. The molecule has 9 heteroatoms. The van der Waals surface area contributed by atoms with Crippen molar-refractivity contribution in [3.63, 3.8) is 0 Å². The largest absolute Gasteiger partial charge is 0.446 e. The molecule has 1 amide bonds. The molecule has 2 aromatic heterocycles. The highest BCUT2D eigenvalue weighted by molar-refractivity contribution is 5.92. The first kappa shape index (κ1) is 15.4. The van der Waals surface area contributed by atoms with E-state index < -0.39 is 6.04 Å². The summed E-state index contributed by atoms with van der Waals surface area (Å²) in [6, 6.07) is 1.05. The van der Waals surface area contributed by atoms with Crippen LogP contribution in [0.15, 0.2) is 29.1 Å². The Bertz CT molecular complexity index is 654. The summed E-state index contributed by atoms with van der Waals surface area (Å²) in [4.78, 5) is 28.6. The SMILES string of the molecule is NC(CO)c1nc(C(=O)N2CCN(c3ncccn3)CC2)co1. The first-order valence-electron chi connectivity index (χ1n) is 7.32. The molecule has 0 aromatic carbocycles. The zero-order chi connectivity index (χ0) is 16.2. The van der Waals surface area contributed by atoms with Crippen molar-refractivity contribution in [2.24, 2.45) is 5.73 Å². The van der Waals surface area contributed by atoms with Gasteiger partial charge in [0.15, 0.2) is 5.69 Å². The topological polar surface area (TPSA) is 122 Å². The maximum Gasteiger partial charge on any atom is 0.275 e. The highest BCUT2D eigenvalue weighted by Crippen LogP contribution is 2.14. The average Bonchev–Trinajstić information content (AvgIpc) is 3.11. The van der Waals surface area contributed by atoms with Gasteiger partial charge in [0.25, 0.3) is 5.91 Å². The molecule has 3 heterocycles. The lowest BCUT2D eigenvalue weighted by Crippen LogP contribution is -2.49. The van der Waals surface area contributed by atoms with Gasteiger partial charge in [-0.2, -0.15) is 0 Å². The molecule has 0 spiro atoms. The lowest BCUT2D eigenvalue weighted by molar-refractivity contribution is 0.0740. The summed E-state index contributed by atoms with van der Waals surface area (Å²) in [5, 5.41) is 8.98. The summed E-state index contributed by atoms with van der Waals surface area (Å²) in [6.45, 7) is 2.10. The van der Waals surface area contributed by atoms with Gasteiger partial charge in [-0.05, 0) is 6.07 Å². The van der Waals surface area contributed by atoms with Gasteiger partial charge in [0, 0.05) is 38.6 Å². The van der Waals surface area contributed by atoms with Crippen molar-refractivity contribution < 1.29 is 14.3 Å². The number of piperazine rings is 1. The monoisotopic (exact) mass is 318 g/mol. The van der Waals surface area contributed by atoms with Crippen LogP contribution >= 0.6 is 0 Å². The minimum atomic E-state index is -0.719. The predicted octanol–water partition coefficient (Wildman–Crippen LogP) is -0.581. The molecule has 1 aliphatic rings. The van der Waals surface area contributed by atoms with E-state index in [0.717, 1.165) is 0 Å². The molecule has 1 unspecified atom stereocenters. The van der Waals surface area contributed by atoms with E-state index >= 15 is 0 Å². The maximum atomic E-state index is 12.4. The van der Waals surface area contributed by atoms with Crippen LogP contribution < -0.4 is 10.6 Å². The van der Waals surface area contributed by atoms with E-state index in [1.54, 1.807) is 23.4 Å². The van der Waals surface area contributed by atoms with E-state index in [2.05, 4.69) is 15.0 Å². The minimum Gasteiger partial charge on any atom is -0.446 e. The van der Waals surface area contributed by atoms with Crippen LogP contribution in [0.5, 0.6) is 0 Å². The van der Waals surface area contributed by atoms with E-state index in [1.807, 2.05) is 4.90 Å². The van der Waals surface area contributed by atoms with Gasteiger partial charge in [-0.3, -0.25) is 4.79 Å². The molecule has 1 fully saturated rings. The predicted molar refractivity (Wildman–Crippen MR) is 80.7 cm³/mol. The summed E-state index contributed by atoms with van der Waals surface area (Å²) in [7, 11) is 0. The first-order chi connectivity index (χ1) is 11.2. The third-order valence-corrected chi connectivity index (χ3v) is 3.66. The standard InChI is InChI=1S/C14H18N6O3/c15-10(8-21)12-18-11(9-23-12)13(22)19-4-6-20(7-5-19)14-16-2-1-3-17-14/h1-3,9-10,21H,4-8,15H2. The zero-order valence-corrected chi connectivity index (χ0v) is 12.5. The molecule has 0 bridgehead atoms. The Kier molecular flexibility index (Phi) is 4.49. The molecule has 3 N–H and O–H groups in total. The number of amides is 1. The molecular formula is C14H18N6O3. The summed E-state index contributed by atoms with van der Waals surface area (Å²) in [5.74, 6) is 0.614. The number of nitrogens with zero attached hydrogens (tertiary/aromatic N) is 5. The van der Waals surface area contributed by atoms with Crippen molar-refractivity contribution in [1.82, 2.24) is 19.9 Å². The summed E-state index contributed by atoms with van der Waals surface area (Å²) in [6.07, 6.45) is 4.67. The van der Waals surface area contributed by atoms with Crippen LogP contribution in [0, 0.1) is 0 Å². The van der Waals surface area contributed by atoms with Crippen LogP contribution in [-0.4, -0.2) is 63.7 Å². The quantitative estimate of drug-likeness (QED) is 0.768. The van der Waals surface area contributed by atoms with Crippen molar-refractivity contribution in [2.75, 3.05) is 37.7 Å². The zero-order valence-electron chi connectivity index (χ0n) is 12.5. The van der Waals surface area contributed by atoms with E-state index in [-0.39, 0.29) is 24.1 Å². The molecule has 2 aromatic rings. The number of hydrogen-bond acceptors (Lipinski definition) is 8. The number of aromatic nitrogens is 3. The highest BCUT2D eigenvalue weighted by Gasteiger charge is 2.26. The maximum absolute atomic E-state index is 12.4. The highest BCUT2D eigenvalue weighted by atomic mass is 16.3. The summed E-state index contributed by atoms with van der Waals surface area (Å²) in [5.41, 5.74) is 5.82. The fourth-order valence-corrected chi connectivity index (χ4v) is 2.36. The van der Waals surface area contributed by atoms with Gasteiger partial charge in [-0.15, -0.1) is 0 Å². The number of rotatable bonds is 4. The third kappa shape index (κ3) is 3.30. The Balaban J connectivity index is 1.61. The molecule has 0 saturated carbocycles. The number of nitrogens with two attached hydrogens (primary N) is 1. The normalized spacial score (nSPS) is 16.4. The summed E-state index contributed by atoms with van der Waals surface area (Å²) >= 11 is 0. The Morgan fingerprint density at radius 2 is 2.00 bits per heavy atom. The minimum absolute atomic E-state index is 0.159. The molecule has 0 aliphatic carbocycles. The summed E-state index contributed by atoms with van der Waals surface area (Å²) < 4.78 is 5.15. The van der Waals surface area contributed by atoms with E-state index in [0.29, 0.717) is 32.1 Å². The number of carbonyl (C=O) groups is 1. The number of anilines is 1. The van der Waals surface area contributed by atoms with Crippen LogP contribution in [0.3, 0.4) is 0 Å². The van der Waals surface area contributed by atoms with Crippen molar-refractivity contribution in [1.29, 1.82) is 0 Å². The molecule has 0 radical (unpaired) electrons. The van der Waals surface area contributed by atoms with Crippen LogP contribution in [0.2, 0.25) is 0 Å². The molecule has 3 rings (SSSR count). The third-order valence-electron chi connectivity index (χ3n) is 3.66. The Morgan fingerprint density at radius 3 is 2.65 bits per heavy atom. The van der Waals surface area contributed by atoms with Gasteiger partial charge in [-0.25, -0.2) is 15.0 Å². The number of oxazole rings is 1. The van der Waals surface area contributed by atoms with Gasteiger partial charge in [0.05, 0.1) is 6.61 Å². The molecule has 1 atom stereocenters. The van der Waals surface area contributed by atoms with Crippen molar-refractivity contribution >= 4 is 11.9 Å². The van der Waals surface area contributed by atoms with Crippen molar-refractivity contribution in [3.05, 3.63) is 36.3 Å². The number of hydrogen-bond donors (Lipinski definition) is 2. The van der Waals surface area contributed by atoms with E-state index in [1.165, 1.54) is 6.26 Å². The Hall–Kier alpha value is -2.52. The lowest BCUT2D eigenvalue weighted by atomic mass is 10.3. The molecule has 1 aliphatic heterocycles. The fourth-order valence-electron chi connectivity index (χ4n) is 2.36. The van der Waals surface area contributed by atoms with Gasteiger partial charge in [0.1, 0.15) is 12.3 Å². The second-order valence-corrected chi connectivity index (χ2v) is 5.19. The van der Waals surface area contributed by atoms with E-state index in [4.69, 9.17) is 15.3 Å². The van der Waals surface area contributed by atoms with Crippen molar-refractivity contribution in [2.45, 2.75) is 6.04 Å². The number of aliphatic hydroxyl groups is 1. The van der Waals surface area contributed by atoms with Gasteiger partial charge in [-0.1, -0.05) is 0 Å². The Morgan fingerprint density at radius 1 is 1.30 bits per heavy atom. The van der Waals surface area contributed by atoms with E-state index in [9.17, 15) is 4.79 Å². The fraction of sp³-hybridized carbons (Fsp3) is 0.429. The smallest absolute Gasteiger partial charge is 0.275 e. The van der Waals surface area contributed by atoms with Gasteiger partial charge in [0.2, 0.25) is 11.8 Å². The first-order valence-corrected chi connectivity index (χ1v) is 7.32. The molecular weight excluding hydrogens is 300 g/mol. The number of carbonyl (C=O) groups excluding carboxylic acids is 1. The Labute approximate surface area is 132 Å². The molecule has 1 saturated heterocycles. The van der Waals surface area contributed by atoms with Gasteiger partial charge < -0.3 is 25.1 Å². The molecule has 23 heavy (non-hydrogen) atoms. The van der Waals surface area contributed by atoms with Crippen LogP contribution in [-0.2, 0) is 0 Å². The van der Waals surface area contributed by atoms with Gasteiger partial charge >= 0.3 is 0 Å². The van der Waals surface area contributed by atoms with Crippen LogP contribution in [0.25, 0.3) is 0 Å². The van der Waals surface area contributed by atoms with Crippen molar-refractivity contribution in [3.8, 4) is 0 Å². The van der Waals surface area contributed by atoms with Crippen LogP contribution in [0.4, 0.5) is 5.95 Å². The number of aliphatic hydroxyl groups excluding tert-OH is 1. The molecule has 9 nitrogen and oxygen atoms in total. The average molecular weight is 318 g/mol. The lowest BCUT2D eigenvalue weighted by Gasteiger charge is -2.34. The van der Waals surface area contributed by atoms with Crippen LogP contribution in [0.1, 0.15) is 22.4 Å².